The summed E-state index contributed by atoms with van der Waals surface area (Å²) in [6.45, 7) is 3.97. The molecule has 0 heterocycles. The Labute approximate surface area is 77.8 Å². The number of hydrogen-bond donors (Lipinski definition) is 2. The van der Waals surface area contributed by atoms with E-state index in [-0.39, 0.29) is 11.8 Å². The first-order valence-electron chi connectivity index (χ1n) is 4.27. The highest BCUT2D eigenvalue weighted by atomic mass is 16.5. The molecule has 5 heteroatoms. The van der Waals surface area contributed by atoms with Gasteiger partial charge in [0.05, 0.1) is 6.61 Å². The van der Waals surface area contributed by atoms with Crippen LogP contribution in [-0.2, 0) is 9.53 Å². The number of oxime groups is 1. The summed E-state index contributed by atoms with van der Waals surface area (Å²) in [4.78, 5) is 11.2. The minimum Gasteiger partial charge on any atom is -0.478 e. The van der Waals surface area contributed by atoms with Crippen LogP contribution in [0.1, 0.15) is 20.3 Å². The summed E-state index contributed by atoms with van der Waals surface area (Å²) in [5.41, 5.74) is 0. The fourth-order valence-corrected chi connectivity index (χ4v) is 0.993. The van der Waals surface area contributed by atoms with Gasteiger partial charge < -0.3 is 15.3 Å². The van der Waals surface area contributed by atoms with E-state index in [1.165, 1.54) is 7.05 Å². The number of nitrogens with zero attached hydrogens (tertiary/aromatic N) is 1. The van der Waals surface area contributed by atoms with E-state index in [0.717, 1.165) is 0 Å². The molecule has 0 bridgehead atoms. The lowest BCUT2D eigenvalue weighted by molar-refractivity contribution is -0.123. The molecule has 0 radical (unpaired) electrons. The van der Waals surface area contributed by atoms with E-state index in [2.05, 4.69) is 10.5 Å². The van der Waals surface area contributed by atoms with Crippen molar-refractivity contribution in [3.63, 3.8) is 0 Å². The van der Waals surface area contributed by atoms with Gasteiger partial charge in [-0.1, -0.05) is 12.1 Å². The summed E-state index contributed by atoms with van der Waals surface area (Å²) < 4.78 is 5.01. The molecule has 0 spiro atoms. The van der Waals surface area contributed by atoms with Crippen molar-refractivity contribution in [2.75, 3.05) is 13.7 Å². The molecule has 5 nitrogen and oxygen atoms in total. The van der Waals surface area contributed by atoms with E-state index < -0.39 is 5.92 Å². The predicted octanol–water partition coefficient (Wildman–Crippen LogP) is 0.583. The second kappa shape index (κ2) is 6.28. The number of ether oxygens (including phenoxy) is 1. The summed E-state index contributed by atoms with van der Waals surface area (Å²) in [6.07, 6.45) is 0.541. The molecule has 0 aromatic heterocycles. The van der Waals surface area contributed by atoms with Gasteiger partial charge in [-0.3, -0.25) is 4.79 Å². The summed E-state index contributed by atoms with van der Waals surface area (Å²) in [6, 6.07) is 0. The molecule has 0 saturated carbocycles. The lowest BCUT2D eigenvalue weighted by atomic mass is 10.1. The van der Waals surface area contributed by atoms with Crippen molar-refractivity contribution >= 4 is 11.8 Å². The smallest absolute Gasteiger partial charge is 0.238 e. The maximum atomic E-state index is 11.2. The van der Waals surface area contributed by atoms with Crippen molar-refractivity contribution in [3.8, 4) is 0 Å². The van der Waals surface area contributed by atoms with Crippen LogP contribution in [0, 0.1) is 5.92 Å². The molecule has 1 atom stereocenters. The monoisotopic (exact) mass is 188 g/mol. The first-order chi connectivity index (χ1) is 6.21. The quantitative estimate of drug-likeness (QED) is 0.293. The lowest BCUT2D eigenvalue weighted by Crippen LogP contribution is -2.34. The Bertz CT molecular complexity index is 192. The molecule has 0 fully saturated rings. The molecular weight excluding hydrogens is 172 g/mol. The first-order valence-corrected chi connectivity index (χ1v) is 4.27. The fourth-order valence-electron chi connectivity index (χ4n) is 0.993. The van der Waals surface area contributed by atoms with Crippen LogP contribution < -0.4 is 5.32 Å². The maximum Gasteiger partial charge on any atom is 0.238 e. The lowest BCUT2D eigenvalue weighted by Gasteiger charge is -2.14. The van der Waals surface area contributed by atoms with E-state index in [1.807, 2.05) is 6.92 Å². The van der Waals surface area contributed by atoms with Crippen LogP contribution in [0.25, 0.3) is 0 Å². The van der Waals surface area contributed by atoms with Crippen LogP contribution in [0.5, 0.6) is 0 Å². The zero-order chi connectivity index (χ0) is 10.3. The van der Waals surface area contributed by atoms with E-state index in [9.17, 15) is 4.79 Å². The molecule has 0 saturated heterocycles. The van der Waals surface area contributed by atoms with E-state index in [4.69, 9.17) is 9.94 Å². The topological polar surface area (TPSA) is 70.9 Å². The molecule has 0 rings (SSSR count). The largest absolute Gasteiger partial charge is 0.478 e. The van der Waals surface area contributed by atoms with Gasteiger partial charge in [-0.15, -0.1) is 0 Å². The Morgan fingerprint density at radius 1 is 1.62 bits per heavy atom. The molecule has 13 heavy (non-hydrogen) atoms. The van der Waals surface area contributed by atoms with Crippen LogP contribution in [-0.4, -0.2) is 30.7 Å². The zero-order valence-corrected chi connectivity index (χ0v) is 8.20. The van der Waals surface area contributed by atoms with Gasteiger partial charge in [0.25, 0.3) is 0 Å². The molecule has 0 aliphatic carbocycles. The normalized spacial score (nSPS) is 13.6. The van der Waals surface area contributed by atoms with Crippen molar-refractivity contribution in [1.29, 1.82) is 0 Å². The molecule has 76 valence electrons. The Kier molecular flexibility index (Phi) is 5.67. The van der Waals surface area contributed by atoms with Gasteiger partial charge in [0.15, 0.2) is 0 Å². The number of hydrogen-bond acceptors (Lipinski definition) is 4. The third-order valence-electron chi connectivity index (χ3n) is 1.66. The van der Waals surface area contributed by atoms with E-state index >= 15 is 0 Å². The number of amides is 1. The molecule has 1 amide bonds. The van der Waals surface area contributed by atoms with Crippen LogP contribution in [0.15, 0.2) is 5.16 Å². The molecule has 2 N–H and O–H groups in total. The van der Waals surface area contributed by atoms with Crippen LogP contribution >= 0.6 is 0 Å². The zero-order valence-electron chi connectivity index (χ0n) is 8.20. The third kappa shape index (κ3) is 3.31. The minimum absolute atomic E-state index is 0.0735. The Morgan fingerprint density at radius 3 is 2.54 bits per heavy atom. The predicted molar refractivity (Wildman–Crippen MR) is 48.7 cm³/mol. The van der Waals surface area contributed by atoms with Crippen molar-refractivity contribution in [1.82, 2.24) is 5.32 Å². The molecule has 0 aromatic carbocycles. The van der Waals surface area contributed by atoms with E-state index in [0.29, 0.717) is 13.0 Å². The van der Waals surface area contributed by atoms with Crippen LogP contribution in [0.3, 0.4) is 0 Å². The number of nitrogens with one attached hydrogen (secondary N) is 1. The number of rotatable bonds is 4. The highest BCUT2D eigenvalue weighted by Crippen LogP contribution is 2.06. The van der Waals surface area contributed by atoms with E-state index in [1.54, 1.807) is 6.92 Å². The molecular formula is C8H16N2O3. The Morgan fingerprint density at radius 2 is 2.23 bits per heavy atom. The summed E-state index contributed by atoms with van der Waals surface area (Å²) in [7, 11) is 1.53. The van der Waals surface area contributed by atoms with Gasteiger partial charge >= 0.3 is 0 Å². The van der Waals surface area contributed by atoms with Gasteiger partial charge in [0.2, 0.25) is 11.8 Å². The summed E-state index contributed by atoms with van der Waals surface area (Å²) >= 11 is 0. The maximum absolute atomic E-state index is 11.2. The van der Waals surface area contributed by atoms with Gasteiger partial charge in [-0.2, -0.15) is 0 Å². The van der Waals surface area contributed by atoms with Gasteiger partial charge in [-0.25, -0.2) is 0 Å². The van der Waals surface area contributed by atoms with Crippen LogP contribution in [0.4, 0.5) is 0 Å². The van der Waals surface area contributed by atoms with Gasteiger partial charge in [0.1, 0.15) is 5.92 Å². The summed E-state index contributed by atoms with van der Waals surface area (Å²) in [5, 5.41) is 14.0. The highest BCUT2D eigenvalue weighted by Gasteiger charge is 2.23. The average molecular weight is 188 g/mol. The second-order valence-electron chi connectivity index (χ2n) is 2.45. The molecule has 0 aliphatic heterocycles. The minimum atomic E-state index is -0.505. The van der Waals surface area contributed by atoms with Gasteiger partial charge in [0, 0.05) is 7.05 Å². The number of carbonyl (C=O) groups is 1. The second-order valence-corrected chi connectivity index (χ2v) is 2.45. The molecule has 1 unspecified atom stereocenters. The third-order valence-corrected chi connectivity index (χ3v) is 1.66. The highest BCUT2D eigenvalue weighted by molar-refractivity contribution is 5.99. The Hall–Kier alpha value is -1.26. The van der Waals surface area contributed by atoms with Crippen molar-refractivity contribution in [2.24, 2.45) is 11.1 Å². The standard InChI is InChI=1S/C8H16N2O3/c1-4-6(7(11)9-3)8(10-12)13-5-2/h6,12H,4-5H2,1-3H3,(H,9,11)/b10-8-. The fraction of sp³-hybridized carbons (Fsp3) is 0.750. The summed E-state index contributed by atoms with van der Waals surface area (Å²) in [5.74, 6) is -0.636. The SMILES string of the molecule is CCO/C(=N\O)C(CC)C(=O)NC. The molecule has 0 aromatic rings. The van der Waals surface area contributed by atoms with Crippen LogP contribution in [0.2, 0.25) is 0 Å². The van der Waals surface area contributed by atoms with Crippen molar-refractivity contribution in [2.45, 2.75) is 20.3 Å². The van der Waals surface area contributed by atoms with Crippen molar-refractivity contribution < 1.29 is 14.7 Å². The Balaban J connectivity index is 4.44. The number of carbonyl (C=O) groups excluding carboxylic acids is 1. The molecule has 0 aliphatic rings. The van der Waals surface area contributed by atoms with Crippen molar-refractivity contribution in [3.05, 3.63) is 0 Å². The first kappa shape index (κ1) is 11.7. The average Bonchev–Trinajstić information content (AvgIpc) is 2.17. The van der Waals surface area contributed by atoms with Gasteiger partial charge in [-0.05, 0) is 13.3 Å².